The molecule has 0 bridgehead atoms. The summed E-state index contributed by atoms with van der Waals surface area (Å²) in [5.74, 6) is -1.45. The Hall–Kier alpha value is -2.46. The largest absolute Gasteiger partial charge is 0.472 e. The van der Waals surface area contributed by atoms with E-state index in [9.17, 15) is 43.2 Å². The number of aliphatic hydroxyl groups excluding tert-OH is 1. The molecule has 0 radical (unpaired) electrons. The number of hydrogen-bond acceptors (Lipinski definition) is 15. The number of hydrogen-bond donors (Lipinski definition) is 3. The molecule has 17 nitrogen and oxygen atoms in total. The number of phosphoric ester groups is 2. The Morgan fingerprint density at radius 1 is 0.386 bits per heavy atom. The lowest BCUT2D eigenvalue weighted by Gasteiger charge is -2.21. The molecule has 3 N–H and O–H groups in total. The van der Waals surface area contributed by atoms with Gasteiger partial charge in [0, 0.05) is 25.7 Å². The maximum atomic E-state index is 13.0. The zero-order valence-corrected chi connectivity index (χ0v) is 54.6. The molecule has 0 heterocycles. The first kappa shape index (κ1) is 80.5. The Kier molecular flexibility index (Phi) is 55.6. The van der Waals surface area contributed by atoms with Gasteiger partial charge in [-0.3, -0.25) is 37.3 Å². The molecule has 0 spiro atoms. The van der Waals surface area contributed by atoms with E-state index >= 15 is 0 Å². The van der Waals surface area contributed by atoms with E-state index in [2.05, 4.69) is 58.9 Å². The maximum absolute atomic E-state index is 13.0. The number of unbranched alkanes of at least 4 members (excludes halogenated alkanes) is 30. The Bertz CT molecular complexity index is 1710. The van der Waals surface area contributed by atoms with Gasteiger partial charge in [0.2, 0.25) is 0 Å². The summed E-state index contributed by atoms with van der Waals surface area (Å²) in [6.45, 7) is 7.03. The molecule has 0 amide bonds. The van der Waals surface area contributed by atoms with Gasteiger partial charge in [0.1, 0.15) is 19.3 Å². The topological polar surface area (TPSA) is 237 Å². The van der Waals surface area contributed by atoms with Crippen molar-refractivity contribution >= 4 is 39.5 Å². The number of phosphoric acid groups is 2. The molecule has 6 atom stereocenters. The van der Waals surface area contributed by atoms with Crippen LogP contribution in [0.1, 0.15) is 298 Å². The number of rotatable bonds is 62. The van der Waals surface area contributed by atoms with Crippen LogP contribution in [0.3, 0.4) is 0 Å². The maximum Gasteiger partial charge on any atom is 0.472 e. The van der Waals surface area contributed by atoms with Gasteiger partial charge in [-0.1, -0.05) is 245 Å². The summed E-state index contributed by atoms with van der Waals surface area (Å²) >= 11 is 0. The minimum atomic E-state index is -4.95. The molecule has 488 valence electrons. The molecule has 0 rings (SSSR count). The van der Waals surface area contributed by atoms with Gasteiger partial charge < -0.3 is 33.8 Å². The summed E-state index contributed by atoms with van der Waals surface area (Å²) in [7, 11) is -9.89. The van der Waals surface area contributed by atoms with Gasteiger partial charge in [-0.15, -0.1) is 0 Å². The van der Waals surface area contributed by atoms with Crippen molar-refractivity contribution in [3.63, 3.8) is 0 Å². The van der Waals surface area contributed by atoms with Crippen molar-refractivity contribution in [2.75, 3.05) is 39.6 Å². The number of ether oxygens (including phenoxy) is 4. The van der Waals surface area contributed by atoms with Gasteiger partial charge in [-0.2, -0.15) is 0 Å². The fraction of sp³-hybridized carbons (Fsp3) is 0.875. The molecule has 0 aliphatic carbocycles. The third-order valence-electron chi connectivity index (χ3n) is 14.5. The second kappa shape index (κ2) is 57.3. The van der Waals surface area contributed by atoms with Crippen molar-refractivity contribution in [1.82, 2.24) is 0 Å². The second-order valence-corrected chi connectivity index (χ2v) is 25.6. The van der Waals surface area contributed by atoms with Crippen molar-refractivity contribution < 1.29 is 80.2 Å². The van der Waals surface area contributed by atoms with Gasteiger partial charge in [0.25, 0.3) is 0 Å². The van der Waals surface area contributed by atoms with Crippen LogP contribution in [0.5, 0.6) is 0 Å². The molecule has 0 saturated carbocycles. The summed E-state index contributed by atoms with van der Waals surface area (Å²) in [4.78, 5) is 72.1. The van der Waals surface area contributed by atoms with Crippen molar-refractivity contribution in [2.24, 2.45) is 5.92 Å². The highest BCUT2D eigenvalue weighted by molar-refractivity contribution is 7.47. The number of allylic oxidation sites excluding steroid dienone is 4. The first-order chi connectivity index (χ1) is 40.1. The Balaban J connectivity index is 5.26. The highest BCUT2D eigenvalue weighted by Gasteiger charge is 2.30. The minimum absolute atomic E-state index is 0.0850. The van der Waals surface area contributed by atoms with E-state index in [0.717, 1.165) is 121 Å². The molecule has 19 heteroatoms. The van der Waals surface area contributed by atoms with Gasteiger partial charge >= 0.3 is 39.5 Å². The smallest absolute Gasteiger partial charge is 0.462 e. The van der Waals surface area contributed by atoms with Crippen molar-refractivity contribution in [3.05, 3.63) is 24.3 Å². The second-order valence-electron chi connectivity index (χ2n) is 22.7. The fourth-order valence-electron chi connectivity index (χ4n) is 9.01. The molecule has 83 heavy (non-hydrogen) atoms. The average Bonchev–Trinajstić information content (AvgIpc) is 3.46. The Morgan fingerprint density at radius 2 is 0.675 bits per heavy atom. The Labute approximate surface area is 503 Å². The normalized spacial score (nSPS) is 14.7. The van der Waals surface area contributed by atoms with Crippen LogP contribution in [0.15, 0.2) is 24.3 Å². The first-order valence-corrected chi connectivity index (χ1v) is 36.0. The van der Waals surface area contributed by atoms with Gasteiger partial charge in [0.05, 0.1) is 26.4 Å². The van der Waals surface area contributed by atoms with E-state index in [0.29, 0.717) is 25.7 Å². The molecule has 0 aromatic carbocycles. The molecular weight excluding hydrogens is 1100 g/mol. The monoisotopic (exact) mass is 1220 g/mol. The highest BCUT2D eigenvalue weighted by Crippen LogP contribution is 2.45. The minimum Gasteiger partial charge on any atom is -0.462 e. The summed E-state index contributed by atoms with van der Waals surface area (Å²) < 4.78 is 67.8. The molecular formula is C64H120O17P2. The fourth-order valence-corrected chi connectivity index (χ4v) is 10.6. The van der Waals surface area contributed by atoms with E-state index in [-0.39, 0.29) is 25.7 Å². The van der Waals surface area contributed by atoms with Crippen LogP contribution >= 0.6 is 15.6 Å². The predicted octanol–water partition coefficient (Wildman–Crippen LogP) is 17.3. The van der Waals surface area contributed by atoms with Crippen molar-refractivity contribution in [2.45, 2.75) is 316 Å². The van der Waals surface area contributed by atoms with Crippen LogP contribution < -0.4 is 0 Å². The molecule has 0 aromatic rings. The first-order valence-electron chi connectivity index (χ1n) is 33.0. The lowest BCUT2D eigenvalue weighted by atomic mass is 10.00. The number of carbonyl (C=O) groups excluding carboxylic acids is 4. The zero-order valence-electron chi connectivity index (χ0n) is 52.8. The Morgan fingerprint density at radius 3 is 1.02 bits per heavy atom. The van der Waals surface area contributed by atoms with Gasteiger partial charge in [0.15, 0.2) is 12.2 Å². The zero-order chi connectivity index (χ0) is 61.3. The van der Waals surface area contributed by atoms with Crippen molar-refractivity contribution in [1.29, 1.82) is 0 Å². The highest BCUT2D eigenvalue weighted by atomic mass is 31.2. The number of carbonyl (C=O) groups is 4. The van der Waals surface area contributed by atoms with Crippen LogP contribution in [-0.2, 0) is 65.4 Å². The summed E-state index contributed by atoms with van der Waals surface area (Å²) in [6.07, 6.45) is 44.0. The van der Waals surface area contributed by atoms with Crippen LogP contribution in [-0.4, -0.2) is 96.7 Å². The van der Waals surface area contributed by atoms with Crippen LogP contribution in [0, 0.1) is 5.92 Å². The molecule has 0 aromatic heterocycles. The van der Waals surface area contributed by atoms with Gasteiger partial charge in [-0.25, -0.2) is 9.13 Å². The lowest BCUT2D eigenvalue weighted by molar-refractivity contribution is -0.161. The van der Waals surface area contributed by atoms with Crippen LogP contribution in [0.4, 0.5) is 0 Å². The summed E-state index contributed by atoms with van der Waals surface area (Å²) in [5, 5.41) is 10.5. The SMILES string of the molecule is CCCCCC/C=C\C=C/CCCCCCCC(=O)O[C@H](COC(=O)CCCCCCCCCCCCC)COP(=O)(O)OC[C@@H](O)COP(=O)(O)OC[C@@H](COC(=O)CCCCCCCCC)OC(=O)CCCCCCCCC(C)CC. The van der Waals surface area contributed by atoms with Gasteiger partial charge in [-0.05, 0) is 57.3 Å². The van der Waals surface area contributed by atoms with E-state index < -0.39 is 97.5 Å². The standard InChI is InChI=1S/C64H120O17P2/c1-6-10-13-16-19-21-23-24-25-26-28-30-33-39-44-49-63(68)80-59(54-75-62(67)48-43-38-32-29-27-22-20-17-14-11-7-2)55-78-82(70,71)76-51-58(65)52-77-83(72,73)79-56-60(53-74-61(66)47-42-37-31-18-15-12-8-3)81-64(69)50-45-40-35-34-36-41-46-57(5)9-4/h21,23-25,57-60,65H,6-20,22,26-56H2,1-5H3,(H,70,71)(H,72,73)/b23-21-,25-24-/t57?,58-,59-,60-/m1/s1. The predicted molar refractivity (Wildman–Crippen MR) is 331 cm³/mol. The summed E-state index contributed by atoms with van der Waals surface area (Å²) in [5.41, 5.74) is 0. The van der Waals surface area contributed by atoms with E-state index in [1.165, 1.54) is 96.3 Å². The molecule has 0 aliphatic rings. The molecule has 0 aliphatic heterocycles. The van der Waals surface area contributed by atoms with E-state index in [4.69, 9.17) is 37.0 Å². The molecule has 3 unspecified atom stereocenters. The number of aliphatic hydroxyl groups is 1. The van der Waals surface area contributed by atoms with Crippen molar-refractivity contribution in [3.8, 4) is 0 Å². The average molecular weight is 1220 g/mol. The molecule has 0 fully saturated rings. The van der Waals surface area contributed by atoms with E-state index in [1.54, 1.807) is 0 Å². The third-order valence-corrected chi connectivity index (χ3v) is 16.4. The quantitative estimate of drug-likeness (QED) is 0.0169. The van der Waals surface area contributed by atoms with Crippen LogP contribution in [0.25, 0.3) is 0 Å². The van der Waals surface area contributed by atoms with Crippen LogP contribution in [0.2, 0.25) is 0 Å². The summed E-state index contributed by atoms with van der Waals surface area (Å²) in [6, 6.07) is 0. The molecule has 0 saturated heterocycles. The van der Waals surface area contributed by atoms with E-state index in [1.807, 2.05) is 0 Å². The lowest BCUT2D eigenvalue weighted by Crippen LogP contribution is -2.30. The third kappa shape index (κ3) is 57.1. The number of esters is 4.